The lowest BCUT2D eigenvalue weighted by molar-refractivity contribution is -0.137. The van der Waals surface area contributed by atoms with Crippen LogP contribution in [0.5, 0.6) is 0 Å². The van der Waals surface area contributed by atoms with Gasteiger partial charge in [0.05, 0.1) is 0 Å². The lowest BCUT2D eigenvalue weighted by atomic mass is 10.3. The summed E-state index contributed by atoms with van der Waals surface area (Å²) in [5, 5.41) is 0. The zero-order valence-electron chi connectivity index (χ0n) is 8.45. The highest BCUT2D eigenvalue weighted by Crippen LogP contribution is 2.03. The standard InChI is InChI=1S/C9H13N3O3/c1-2-10-11-7(13)5-6-12-8(14)3-4-9(12)15/h3-4,10H,2,5-6H2,1H3,(H,11,13). The SMILES string of the molecule is CCNNC(=O)CCN1C(=O)C=CC1=O. The van der Waals surface area contributed by atoms with Gasteiger partial charge >= 0.3 is 0 Å². The van der Waals surface area contributed by atoms with E-state index < -0.39 is 0 Å². The molecule has 6 nitrogen and oxygen atoms in total. The summed E-state index contributed by atoms with van der Waals surface area (Å²) in [5.74, 6) is -0.975. The predicted octanol–water partition coefficient (Wildman–Crippen LogP) is -1.06. The van der Waals surface area contributed by atoms with Crippen molar-refractivity contribution in [1.29, 1.82) is 0 Å². The molecule has 1 heterocycles. The Morgan fingerprint density at radius 1 is 1.33 bits per heavy atom. The monoisotopic (exact) mass is 211 g/mol. The van der Waals surface area contributed by atoms with E-state index in [0.717, 1.165) is 4.90 Å². The molecule has 0 fully saturated rings. The third-order valence-electron chi connectivity index (χ3n) is 1.87. The highest BCUT2D eigenvalue weighted by atomic mass is 16.2. The minimum Gasteiger partial charge on any atom is -0.292 e. The van der Waals surface area contributed by atoms with E-state index in [1.165, 1.54) is 12.2 Å². The van der Waals surface area contributed by atoms with Crippen LogP contribution in [0.25, 0.3) is 0 Å². The second-order valence-corrected chi connectivity index (χ2v) is 2.99. The van der Waals surface area contributed by atoms with E-state index in [1.54, 1.807) is 0 Å². The van der Waals surface area contributed by atoms with Gasteiger partial charge in [0.2, 0.25) is 5.91 Å². The number of hydrogen-bond acceptors (Lipinski definition) is 4. The first kappa shape index (κ1) is 11.4. The first-order chi connectivity index (χ1) is 7.15. The molecule has 0 aromatic heterocycles. The van der Waals surface area contributed by atoms with Gasteiger partial charge in [-0.25, -0.2) is 5.43 Å². The molecule has 1 aliphatic rings. The highest BCUT2D eigenvalue weighted by Gasteiger charge is 2.23. The van der Waals surface area contributed by atoms with Crippen LogP contribution >= 0.6 is 0 Å². The van der Waals surface area contributed by atoms with Gasteiger partial charge in [-0.3, -0.25) is 24.7 Å². The van der Waals surface area contributed by atoms with Gasteiger partial charge in [-0.05, 0) is 0 Å². The first-order valence-electron chi connectivity index (χ1n) is 4.70. The second-order valence-electron chi connectivity index (χ2n) is 2.99. The third kappa shape index (κ3) is 3.17. The molecule has 0 aromatic carbocycles. The van der Waals surface area contributed by atoms with E-state index in [2.05, 4.69) is 10.9 Å². The van der Waals surface area contributed by atoms with E-state index in [0.29, 0.717) is 6.54 Å². The molecular formula is C9H13N3O3. The number of nitrogens with zero attached hydrogens (tertiary/aromatic N) is 1. The van der Waals surface area contributed by atoms with Crippen LogP contribution in [0.3, 0.4) is 0 Å². The molecule has 0 unspecified atom stereocenters. The first-order valence-corrected chi connectivity index (χ1v) is 4.70. The maximum absolute atomic E-state index is 11.1. The molecule has 0 saturated heterocycles. The van der Waals surface area contributed by atoms with Gasteiger partial charge in [-0.15, -0.1) is 0 Å². The number of nitrogens with one attached hydrogen (secondary N) is 2. The number of carbonyl (C=O) groups excluding carboxylic acids is 3. The van der Waals surface area contributed by atoms with Crippen molar-refractivity contribution in [3.05, 3.63) is 12.2 Å². The van der Waals surface area contributed by atoms with Crippen LogP contribution in [-0.2, 0) is 14.4 Å². The summed E-state index contributed by atoms with van der Waals surface area (Å²) < 4.78 is 0. The number of carbonyl (C=O) groups is 3. The Bertz CT molecular complexity index is 294. The van der Waals surface area contributed by atoms with Crippen molar-refractivity contribution in [2.45, 2.75) is 13.3 Å². The molecule has 0 bridgehead atoms. The Hall–Kier alpha value is -1.69. The molecule has 0 aromatic rings. The van der Waals surface area contributed by atoms with E-state index in [4.69, 9.17) is 0 Å². The lowest BCUT2D eigenvalue weighted by Crippen LogP contribution is -2.40. The molecule has 1 aliphatic heterocycles. The molecule has 0 aliphatic carbocycles. The Labute approximate surface area is 87.3 Å². The highest BCUT2D eigenvalue weighted by molar-refractivity contribution is 6.13. The van der Waals surface area contributed by atoms with E-state index in [-0.39, 0.29) is 30.7 Å². The molecular weight excluding hydrogens is 198 g/mol. The van der Waals surface area contributed by atoms with Crippen molar-refractivity contribution in [1.82, 2.24) is 15.8 Å². The number of imide groups is 1. The predicted molar refractivity (Wildman–Crippen MR) is 52.3 cm³/mol. The Morgan fingerprint density at radius 3 is 2.47 bits per heavy atom. The fraction of sp³-hybridized carbons (Fsp3) is 0.444. The Kier molecular flexibility index (Phi) is 3.99. The summed E-state index contributed by atoms with van der Waals surface area (Å²) in [4.78, 5) is 34.3. The number of hydrazine groups is 1. The largest absolute Gasteiger partial charge is 0.292 e. The summed E-state index contributed by atoms with van der Waals surface area (Å²) in [6.07, 6.45) is 2.50. The number of hydrogen-bond donors (Lipinski definition) is 2. The second kappa shape index (κ2) is 5.26. The molecule has 0 atom stereocenters. The molecule has 2 N–H and O–H groups in total. The minimum atomic E-state index is -0.365. The molecule has 0 spiro atoms. The van der Waals surface area contributed by atoms with Crippen molar-refractivity contribution < 1.29 is 14.4 Å². The maximum Gasteiger partial charge on any atom is 0.253 e. The van der Waals surface area contributed by atoms with Crippen molar-refractivity contribution in [3.63, 3.8) is 0 Å². The quantitative estimate of drug-likeness (QED) is 0.449. The van der Waals surface area contributed by atoms with Gasteiger partial charge < -0.3 is 0 Å². The van der Waals surface area contributed by atoms with Crippen LogP contribution in [0.4, 0.5) is 0 Å². The average Bonchev–Trinajstić information content (AvgIpc) is 2.53. The Morgan fingerprint density at radius 2 is 1.93 bits per heavy atom. The summed E-state index contributed by atoms with van der Waals surface area (Å²) in [5.41, 5.74) is 5.07. The third-order valence-corrected chi connectivity index (χ3v) is 1.87. The molecule has 6 heteroatoms. The van der Waals surface area contributed by atoms with Crippen LogP contribution in [0.1, 0.15) is 13.3 Å². The van der Waals surface area contributed by atoms with Crippen LogP contribution in [0, 0.1) is 0 Å². The molecule has 3 amide bonds. The van der Waals surface area contributed by atoms with Crippen LogP contribution in [0.2, 0.25) is 0 Å². The topological polar surface area (TPSA) is 78.5 Å². The molecule has 15 heavy (non-hydrogen) atoms. The summed E-state index contributed by atoms with van der Waals surface area (Å²) in [6, 6.07) is 0. The molecule has 82 valence electrons. The van der Waals surface area contributed by atoms with Gasteiger partial charge in [-0.1, -0.05) is 6.92 Å². The summed E-state index contributed by atoms with van der Waals surface area (Å²) >= 11 is 0. The molecule has 0 saturated carbocycles. The Balaban J connectivity index is 2.28. The fourth-order valence-corrected chi connectivity index (χ4v) is 1.11. The van der Waals surface area contributed by atoms with E-state index in [1.807, 2.05) is 6.92 Å². The number of rotatable bonds is 5. The normalized spacial score (nSPS) is 14.9. The zero-order chi connectivity index (χ0) is 11.3. The fourth-order valence-electron chi connectivity index (χ4n) is 1.11. The maximum atomic E-state index is 11.1. The van der Waals surface area contributed by atoms with Gasteiger partial charge in [-0.2, -0.15) is 0 Å². The van der Waals surface area contributed by atoms with Crippen LogP contribution < -0.4 is 10.9 Å². The zero-order valence-corrected chi connectivity index (χ0v) is 8.45. The van der Waals surface area contributed by atoms with Crippen molar-refractivity contribution >= 4 is 17.7 Å². The van der Waals surface area contributed by atoms with E-state index >= 15 is 0 Å². The van der Waals surface area contributed by atoms with Gasteiger partial charge in [0.25, 0.3) is 11.8 Å². The van der Waals surface area contributed by atoms with Gasteiger partial charge in [0.15, 0.2) is 0 Å². The number of amides is 3. The lowest BCUT2D eigenvalue weighted by Gasteiger charge is -2.13. The van der Waals surface area contributed by atoms with Gasteiger partial charge in [0, 0.05) is 31.7 Å². The van der Waals surface area contributed by atoms with Crippen molar-refractivity contribution in [2.75, 3.05) is 13.1 Å². The summed E-state index contributed by atoms with van der Waals surface area (Å²) in [6.45, 7) is 2.58. The van der Waals surface area contributed by atoms with Crippen molar-refractivity contribution in [3.8, 4) is 0 Å². The molecule has 1 rings (SSSR count). The average molecular weight is 211 g/mol. The van der Waals surface area contributed by atoms with E-state index in [9.17, 15) is 14.4 Å². The minimum absolute atomic E-state index is 0.103. The summed E-state index contributed by atoms with van der Waals surface area (Å²) in [7, 11) is 0. The van der Waals surface area contributed by atoms with Gasteiger partial charge in [0.1, 0.15) is 0 Å². The van der Waals surface area contributed by atoms with Crippen LogP contribution in [0.15, 0.2) is 12.2 Å². The smallest absolute Gasteiger partial charge is 0.253 e. The van der Waals surface area contributed by atoms with Crippen molar-refractivity contribution in [2.24, 2.45) is 0 Å². The van der Waals surface area contributed by atoms with Crippen LogP contribution in [-0.4, -0.2) is 35.7 Å². The molecule has 0 radical (unpaired) electrons.